The van der Waals surface area contributed by atoms with Crippen molar-refractivity contribution in [2.45, 2.75) is 18.7 Å². The highest BCUT2D eigenvalue weighted by atomic mass is 32.2. The number of hydrogen-bond acceptors (Lipinski definition) is 6. The third-order valence-corrected chi connectivity index (χ3v) is 4.51. The maximum absolute atomic E-state index is 11.6. The van der Waals surface area contributed by atoms with Crippen molar-refractivity contribution in [1.82, 2.24) is 0 Å². The molecule has 5 N–H and O–H groups in total. The van der Waals surface area contributed by atoms with Crippen LogP contribution in [0.15, 0.2) is 30.3 Å². The molecule has 0 aliphatic heterocycles. The van der Waals surface area contributed by atoms with Gasteiger partial charge in [-0.25, -0.2) is 18.0 Å². The molecule has 26 heavy (non-hydrogen) atoms. The second kappa shape index (κ2) is 10.6. The number of nitrogens with two attached hydrogens (primary N) is 2. The highest BCUT2D eigenvalue weighted by Crippen LogP contribution is 2.21. The number of halogens is 3. The van der Waals surface area contributed by atoms with E-state index in [1.54, 1.807) is 24.3 Å². The molecule has 8 nitrogen and oxygen atoms in total. The number of rotatable bonds is 7. The molecule has 0 fully saturated rings. The van der Waals surface area contributed by atoms with Crippen LogP contribution in [-0.4, -0.2) is 49.8 Å². The molecule has 1 rings (SSSR count). The van der Waals surface area contributed by atoms with Gasteiger partial charge in [0, 0.05) is 13.0 Å². The first-order valence-electron chi connectivity index (χ1n) is 7.10. The van der Waals surface area contributed by atoms with Crippen molar-refractivity contribution >= 4 is 21.9 Å². The number of carboxylic acid groups (broad SMARTS) is 1. The van der Waals surface area contributed by atoms with E-state index in [2.05, 4.69) is 0 Å². The fourth-order valence-electron chi connectivity index (χ4n) is 1.67. The van der Waals surface area contributed by atoms with Crippen molar-refractivity contribution in [1.29, 1.82) is 0 Å². The fraction of sp³-hybridized carbons (Fsp3) is 0.429. The maximum Gasteiger partial charge on any atom is 0.490 e. The molecule has 1 aromatic rings. The van der Waals surface area contributed by atoms with Gasteiger partial charge < -0.3 is 21.3 Å². The number of aliphatic carboxylic acids is 1. The number of sulfone groups is 1. The van der Waals surface area contributed by atoms with Crippen LogP contribution in [0.1, 0.15) is 18.1 Å². The quantitative estimate of drug-likeness (QED) is 0.623. The normalized spacial score (nSPS) is 12.5. The van der Waals surface area contributed by atoms with Crippen LogP contribution in [0, 0.1) is 0 Å². The molecular weight excluding hydrogens is 381 g/mol. The summed E-state index contributed by atoms with van der Waals surface area (Å²) in [6.07, 6.45) is -6.51. The SMILES string of the molecule is NCCS(=O)(=O)CCC(OC(N)=O)c1ccccc1.O=C(O)C(F)(F)F. The Morgan fingerprint density at radius 3 is 2.04 bits per heavy atom. The molecule has 0 aromatic heterocycles. The Kier molecular flexibility index (Phi) is 9.65. The first-order valence-corrected chi connectivity index (χ1v) is 8.93. The predicted octanol–water partition coefficient (Wildman–Crippen LogP) is 1.22. The van der Waals surface area contributed by atoms with Gasteiger partial charge >= 0.3 is 18.2 Å². The number of benzene rings is 1. The highest BCUT2D eigenvalue weighted by molar-refractivity contribution is 7.91. The molecule has 0 saturated carbocycles. The Bertz CT molecular complexity index is 680. The Morgan fingerprint density at radius 2 is 1.65 bits per heavy atom. The summed E-state index contributed by atoms with van der Waals surface area (Å²) in [4.78, 5) is 19.8. The lowest BCUT2D eigenvalue weighted by atomic mass is 10.1. The molecule has 148 valence electrons. The maximum atomic E-state index is 11.6. The summed E-state index contributed by atoms with van der Waals surface area (Å²) in [7, 11) is -3.23. The van der Waals surface area contributed by atoms with Crippen LogP contribution < -0.4 is 11.5 Å². The average Bonchev–Trinajstić information content (AvgIpc) is 2.51. The van der Waals surface area contributed by atoms with Crippen LogP contribution in [0.3, 0.4) is 0 Å². The zero-order chi connectivity index (χ0) is 20.4. The molecule has 0 heterocycles. The number of alkyl halides is 3. The van der Waals surface area contributed by atoms with E-state index < -0.39 is 34.2 Å². The van der Waals surface area contributed by atoms with Crippen molar-refractivity contribution in [2.75, 3.05) is 18.1 Å². The summed E-state index contributed by atoms with van der Waals surface area (Å²) in [6.45, 7) is 0.0784. The number of carbonyl (C=O) groups excluding carboxylic acids is 1. The van der Waals surface area contributed by atoms with E-state index in [4.69, 9.17) is 26.1 Å². The third-order valence-electron chi connectivity index (χ3n) is 2.79. The summed E-state index contributed by atoms with van der Waals surface area (Å²) in [5, 5.41) is 7.12. The second-order valence-corrected chi connectivity index (χ2v) is 7.17. The van der Waals surface area contributed by atoms with Crippen LogP contribution in [0.4, 0.5) is 18.0 Å². The molecule has 0 bridgehead atoms. The van der Waals surface area contributed by atoms with Crippen molar-refractivity contribution in [2.24, 2.45) is 11.5 Å². The molecule has 0 radical (unpaired) electrons. The van der Waals surface area contributed by atoms with Crippen molar-refractivity contribution in [3.05, 3.63) is 35.9 Å². The minimum atomic E-state index is -5.08. The van der Waals surface area contributed by atoms with Gasteiger partial charge in [-0.1, -0.05) is 30.3 Å². The van der Waals surface area contributed by atoms with Gasteiger partial charge in [-0.3, -0.25) is 0 Å². The van der Waals surface area contributed by atoms with Crippen LogP contribution in [0.25, 0.3) is 0 Å². The molecule has 0 spiro atoms. The van der Waals surface area contributed by atoms with E-state index in [9.17, 15) is 26.4 Å². The topological polar surface area (TPSA) is 150 Å². The van der Waals surface area contributed by atoms with Gasteiger partial charge in [-0.15, -0.1) is 0 Å². The first-order chi connectivity index (χ1) is 11.9. The van der Waals surface area contributed by atoms with Crippen LogP contribution >= 0.6 is 0 Å². The number of ether oxygens (including phenoxy) is 1. The van der Waals surface area contributed by atoms with E-state index in [0.717, 1.165) is 0 Å². The van der Waals surface area contributed by atoms with Gasteiger partial charge in [-0.2, -0.15) is 13.2 Å². The molecule has 0 aliphatic rings. The molecule has 12 heteroatoms. The van der Waals surface area contributed by atoms with Crippen molar-refractivity contribution in [3.8, 4) is 0 Å². The lowest BCUT2D eigenvalue weighted by molar-refractivity contribution is -0.192. The largest absolute Gasteiger partial charge is 0.490 e. The smallest absolute Gasteiger partial charge is 0.475 e. The standard InChI is InChI=1S/C12H18N2O4S.C2HF3O2/c13-7-9-19(16,17)8-6-11(18-12(14)15)10-4-2-1-3-5-10;3-2(4,5)1(6)7/h1-5,11H,6-9,13H2,(H2,14,15);(H,6,7). The monoisotopic (exact) mass is 400 g/mol. The predicted molar refractivity (Wildman–Crippen MR) is 85.9 cm³/mol. The van der Waals surface area contributed by atoms with E-state index >= 15 is 0 Å². The van der Waals surface area contributed by atoms with Crippen molar-refractivity contribution in [3.63, 3.8) is 0 Å². The summed E-state index contributed by atoms with van der Waals surface area (Å²) in [5.41, 5.74) is 10.9. The van der Waals surface area contributed by atoms with E-state index in [1.807, 2.05) is 6.07 Å². The van der Waals surface area contributed by atoms with Crippen molar-refractivity contribution < 1.29 is 41.0 Å². The molecule has 0 saturated heterocycles. The van der Waals surface area contributed by atoms with Crippen LogP contribution in [-0.2, 0) is 19.4 Å². The van der Waals surface area contributed by atoms with Gasteiger partial charge in [0.05, 0.1) is 11.5 Å². The molecule has 0 aliphatic carbocycles. The molecule has 1 amide bonds. The van der Waals surface area contributed by atoms with Gasteiger partial charge in [0.15, 0.2) is 9.84 Å². The Hall–Kier alpha value is -2.34. The van der Waals surface area contributed by atoms with Gasteiger partial charge in [0.25, 0.3) is 0 Å². The average molecular weight is 400 g/mol. The zero-order valence-electron chi connectivity index (χ0n) is 13.5. The number of primary amides is 1. The molecule has 1 aromatic carbocycles. The minimum absolute atomic E-state index is 0.0783. The Balaban J connectivity index is 0.000000758. The molecular formula is C14H19F3N2O6S. The lowest BCUT2D eigenvalue weighted by Crippen LogP contribution is -2.23. The summed E-state index contributed by atoms with van der Waals surface area (Å²) in [5.74, 6) is -2.94. The number of amides is 1. The number of carboxylic acids is 1. The highest BCUT2D eigenvalue weighted by Gasteiger charge is 2.38. The lowest BCUT2D eigenvalue weighted by Gasteiger charge is -2.16. The van der Waals surface area contributed by atoms with Gasteiger partial charge in [0.2, 0.25) is 0 Å². The van der Waals surface area contributed by atoms with Gasteiger partial charge in [0.1, 0.15) is 6.10 Å². The van der Waals surface area contributed by atoms with E-state index in [-0.39, 0.29) is 24.5 Å². The minimum Gasteiger partial charge on any atom is -0.475 e. The summed E-state index contributed by atoms with van der Waals surface area (Å²) >= 11 is 0. The van der Waals surface area contributed by atoms with Gasteiger partial charge in [-0.05, 0) is 5.56 Å². The summed E-state index contributed by atoms with van der Waals surface area (Å²) in [6, 6.07) is 8.88. The van der Waals surface area contributed by atoms with E-state index in [0.29, 0.717) is 5.56 Å². The number of hydrogen-bond donors (Lipinski definition) is 3. The zero-order valence-corrected chi connectivity index (χ0v) is 14.3. The summed E-state index contributed by atoms with van der Waals surface area (Å²) < 4.78 is 59.9. The number of carbonyl (C=O) groups is 2. The van der Waals surface area contributed by atoms with E-state index in [1.165, 1.54) is 0 Å². The second-order valence-electron chi connectivity index (χ2n) is 4.87. The first kappa shape index (κ1) is 23.7. The molecule has 1 unspecified atom stereocenters. The van der Waals surface area contributed by atoms with Crippen LogP contribution in [0.5, 0.6) is 0 Å². The van der Waals surface area contributed by atoms with Crippen LogP contribution in [0.2, 0.25) is 0 Å². The Morgan fingerprint density at radius 1 is 1.15 bits per heavy atom. The molecule has 1 atom stereocenters. The third kappa shape index (κ3) is 10.5. The fourth-order valence-corrected chi connectivity index (χ4v) is 2.81. The Labute approximate surface area is 147 Å².